The van der Waals surface area contributed by atoms with Crippen molar-refractivity contribution in [1.82, 2.24) is 15.5 Å². The van der Waals surface area contributed by atoms with Gasteiger partial charge in [-0.25, -0.2) is 0 Å². The van der Waals surface area contributed by atoms with Gasteiger partial charge in [0, 0.05) is 45.9 Å². The molecule has 7 heteroatoms. The van der Waals surface area contributed by atoms with Crippen molar-refractivity contribution >= 4 is 29.9 Å². The summed E-state index contributed by atoms with van der Waals surface area (Å²) in [6.07, 6.45) is 2.64. The third-order valence-electron chi connectivity index (χ3n) is 3.39. The van der Waals surface area contributed by atoms with Crippen LogP contribution in [0.15, 0.2) is 4.99 Å². The van der Waals surface area contributed by atoms with Crippen molar-refractivity contribution in [1.29, 1.82) is 0 Å². The normalized spacial score (nSPS) is 14.8. The third-order valence-corrected chi connectivity index (χ3v) is 3.39. The van der Waals surface area contributed by atoms with Crippen LogP contribution in [0.1, 0.15) is 26.7 Å². The number of hydrogen-bond acceptors (Lipinski definition) is 4. The Hall–Kier alpha value is -0.120. The molecule has 0 spiro atoms. The maximum absolute atomic E-state index is 5.32. The lowest BCUT2D eigenvalue weighted by molar-refractivity contribution is 0.145. The van der Waals surface area contributed by atoms with Crippen LogP contribution in [0, 0.1) is 0 Å². The number of halogens is 1. The van der Waals surface area contributed by atoms with Crippen molar-refractivity contribution in [3.63, 3.8) is 0 Å². The van der Waals surface area contributed by atoms with Crippen LogP contribution in [-0.4, -0.2) is 76.6 Å². The van der Waals surface area contributed by atoms with Gasteiger partial charge in [0.25, 0.3) is 0 Å². The van der Waals surface area contributed by atoms with Gasteiger partial charge in [0.2, 0.25) is 0 Å². The smallest absolute Gasteiger partial charge is 0.191 e. The van der Waals surface area contributed by atoms with Crippen molar-refractivity contribution in [2.45, 2.75) is 32.7 Å². The molecule has 0 atom stereocenters. The van der Waals surface area contributed by atoms with Crippen LogP contribution in [0.25, 0.3) is 0 Å². The minimum Gasteiger partial charge on any atom is -0.383 e. The lowest BCUT2D eigenvalue weighted by Crippen LogP contribution is -2.40. The summed E-state index contributed by atoms with van der Waals surface area (Å²) in [6, 6.07) is 0.754. The van der Waals surface area contributed by atoms with Gasteiger partial charge < -0.3 is 20.1 Å². The summed E-state index contributed by atoms with van der Waals surface area (Å²) in [5.41, 5.74) is 0. The van der Waals surface area contributed by atoms with E-state index in [1.54, 1.807) is 7.11 Å². The number of nitrogens with zero attached hydrogens (tertiary/aromatic N) is 2. The van der Waals surface area contributed by atoms with Crippen LogP contribution in [-0.2, 0) is 9.47 Å². The molecule has 1 aliphatic rings. The highest BCUT2D eigenvalue weighted by Crippen LogP contribution is 2.26. The standard InChI is InChI=1S/C15H32N4O2.HI/c1-4-16-15(18-9-12-21-5-2)17-8-10-19(11-13-20-3)14-6-7-14;/h14H,4-13H2,1-3H3,(H2,16,17,18);1H. The van der Waals surface area contributed by atoms with Crippen molar-refractivity contribution in [3.05, 3.63) is 0 Å². The Labute approximate surface area is 152 Å². The lowest BCUT2D eigenvalue weighted by Gasteiger charge is -2.20. The zero-order valence-electron chi connectivity index (χ0n) is 14.3. The summed E-state index contributed by atoms with van der Waals surface area (Å²) in [4.78, 5) is 7.11. The molecule has 0 aliphatic heterocycles. The van der Waals surface area contributed by atoms with Crippen molar-refractivity contribution in [2.24, 2.45) is 4.99 Å². The van der Waals surface area contributed by atoms with Crippen LogP contribution in [0.5, 0.6) is 0 Å². The highest BCUT2D eigenvalue weighted by Gasteiger charge is 2.27. The van der Waals surface area contributed by atoms with Crippen molar-refractivity contribution in [3.8, 4) is 0 Å². The summed E-state index contributed by atoms with van der Waals surface area (Å²) in [6.45, 7) is 10.8. The van der Waals surface area contributed by atoms with Gasteiger partial charge in [-0.1, -0.05) is 0 Å². The Bertz CT molecular complexity index is 289. The fraction of sp³-hybridized carbons (Fsp3) is 0.933. The van der Waals surface area contributed by atoms with E-state index >= 15 is 0 Å². The molecule has 0 aromatic heterocycles. The van der Waals surface area contributed by atoms with Crippen molar-refractivity contribution < 1.29 is 9.47 Å². The Balaban J connectivity index is 0.00000441. The summed E-state index contributed by atoms with van der Waals surface area (Å²) in [5.74, 6) is 0.875. The molecule has 0 aromatic carbocycles. The highest BCUT2D eigenvalue weighted by atomic mass is 127. The second kappa shape index (κ2) is 14.5. The first-order chi connectivity index (χ1) is 10.3. The van der Waals surface area contributed by atoms with E-state index in [0.717, 1.165) is 57.9 Å². The van der Waals surface area contributed by atoms with Gasteiger partial charge >= 0.3 is 0 Å². The van der Waals surface area contributed by atoms with E-state index in [1.165, 1.54) is 12.8 Å². The first-order valence-corrected chi connectivity index (χ1v) is 8.14. The third kappa shape index (κ3) is 10.6. The molecule has 1 aliphatic carbocycles. The van der Waals surface area contributed by atoms with Crippen LogP contribution in [0.2, 0.25) is 0 Å². The molecule has 0 unspecified atom stereocenters. The zero-order valence-corrected chi connectivity index (χ0v) is 16.6. The zero-order chi connectivity index (χ0) is 15.3. The molecule has 0 saturated heterocycles. The molecule has 6 nitrogen and oxygen atoms in total. The summed E-state index contributed by atoms with van der Waals surface area (Å²) in [5, 5.41) is 6.55. The topological polar surface area (TPSA) is 58.1 Å². The number of methoxy groups -OCH3 is 1. The molecule has 2 N–H and O–H groups in total. The van der Waals surface area contributed by atoms with E-state index in [2.05, 4.69) is 27.4 Å². The van der Waals surface area contributed by atoms with Gasteiger partial charge in [-0.05, 0) is 26.7 Å². The predicted molar refractivity (Wildman–Crippen MR) is 102 cm³/mol. The average Bonchev–Trinajstić information content (AvgIpc) is 3.31. The monoisotopic (exact) mass is 428 g/mol. The van der Waals surface area contributed by atoms with E-state index in [1.807, 2.05) is 6.92 Å². The second-order valence-electron chi connectivity index (χ2n) is 5.14. The number of aliphatic imine (C=N–C) groups is 1. The van der Waals surface area contributed by atoms with Crippen LogP contribution in [0.3, 0.4) is 0 Å². The molecule has 1 fully saturated rings. The van der Waals surface area contributed by atoms with Crippen LogP contribution < -0.4 is 10.6 Å². The number of ether oxygens (including phenoxy) is 2. The summed E-state index contributed by atoms with van der Waals surface area (Å²) >= 11 is 0. The maximum Gasteiger partial charge on any atom is 0.191 e. The van der Waals surface area contributed by atoms with Gasteiger partial charge in [0.15, 0.2) is 5.96 Å². The quantitative estimate of drug-likeness (QED) is 0.213. The fourth-order valence-electron chi connectivity index (χ4n) is 2.14. The Morgan fingerprint density at radius 1 is 1.18 bits per heavy atom. The van der Waals surface area contributed by atoms with Gasteiger partial charge in [-0.15, -0.1) is 24.0 Å². The number of rotatable bonds is 12. The number of nitrogens with one attached hydrogen (secondary N) is 2. The molecule has 22 heavy (non-hydrogen) atoms. The largest absolute Gasteiger partial charge is 0.383 e. The maximum atomic E-state index is 5.32. The molecule has 0 heterocycles. The van der Waals surface area contributed by atoms with E-state index in [0.29, 0.717) is 6.61 Å². The summed E-state index contributed by atoms with van der Waals surface area (Å²) in [7, 11) is 1.76. The fourth-order valence-corrected chi connectivity index (χ4v) is 2.14. The number of hydrogen-bond donors (Lipinski definition) is 2. The van der Waals surface area contributed by atoms with Crippen LogP contribution >= 0.6 is 24.0 Å². The predicted octanol–water partition coefficient (Wildman–Crippen LogP) is 1.31. The first kappa shape index (κ1) is 21.9. The molecule has 0 radical (unpaired) electrons. The first-order valence-electron chi connectivity index (χ1n) is 8.14. The van der Waals surface area contributed by atoms with Gasteiger partial charge in [0.05, 0.1) is 19.8 Å². The minimum atomic E-state index is 0. The summed E-state index contributed by atoms with van der Waals surface area (Å²) < 4.78 is 10.5. The van der Waals surface area contributed by atoms with E-state index in [4.69, 9.17) is 9.47 Å². The molecule has 0 aromatic rings. The number of guanidine groups is 1. The van der Waals surface area contributed by atoms with E-state index in [-0.39, 0.29) is 24.0 Å². The molecule has 1 saturated carbocycles. The van der Waals surface area contributed by atoms with Crippen LogP contribution in [0.4, 0.5) is 0 Å². The Kier molecular flexibility index (Phi) is 14.4. The Morgan fingerprint density at radius 2 is 1.95 bits per heavy atom. The SMILES string of the molecule is CCNC(=NCCN(CCOC)C1CC1)NCCOCC.I. The van der Waals surface area contributed by atoms with Gasteiger partial charge in [-0.2, -0.15) is 0 Å². The molecule has 0 bridgehead atoms. The van der Waals surface area contributed by atoms with E-state index in [9.17, 15) is 0 Å². The Morgan fingerprint density at radius 3 is 2.55 bits per heavy atom. The molecular formula is C15H33IN4O2. The molecule has 132 valence electrons. The molecular weight excluding hydrogens is 395 g/mol. The minimum absolute atomic E-state index is 0. The highest BCUT2D eigenvalue weighted by molar-refractivity contribution is 14.0. The van der Waals surface area contributed by atoms with Crippen molar-refractivity contribution in [2.75, 3.05) is 59.7 Å². The van der Waals surface area contributed by atoms with E-state index < -0.39 is 0 Å². The van der Waals surface area contributed by atoms with Gasteiger partial charge in [-0.3, -0.25) is 9.89 Å². The lowest BCUT2D eigenvalue weighted by atomic mass is 10.4. The molecule has 0 amide bonds. The average molecular weight is 428 g/mol. The van der Waals surface area contributed by atoms with Gasteiger partial charge in [0.1, 0.15) is 0 Å². The molecule has 1 rings (SSSR count). The second-order valence-corrected chi connectivity index (χ2v) is 5.14.